The number of thioether (sulfide) groups is 1. The molecule has 1 aliphatic rings. The van der Waals surface area contributed by atoms with Crippen LogP contribution in [0.4, 0.5) is 5.69 Å². The molecule has 3 N–H and O–H groups in total. The second kappa shape index (κ2) is 6.59. The molecule has 8 heteroatoms. The minimum Gasteiger partial charge on any atom is -0.480 e. The van der Waals surface area contributed by atoms with Crippen molar-refractivity contribution in [2.45, 2.75) is 17.7 Å². The number of aliphatic carboxylic acids is 1. The molecule has 1 aliphatic heterocycles. The lowest BCUT2D eigenvalue weighted by Gasteiger charge is -2.15. The molecule has 0 aliphatic carbocycles. The van der Waals surface area contributed by atoms with E-state index in [4.69, 9.17) is 10.8 Å². The number of nitrogens with zero attached hydrogens (tertiary/aromatic N) is 1. The number of carbonyl (C=O) groups excluding carboxylic acids is 2. The minimum atomic E-state index is -1.12. The highest BCUT2D eigenvalue weighted by atomic mass is 79.9. The summed E-state index contributed by atoms with van der Waals surface area (Å²) in [5.41, 5.74) is 5.91. The number of benzene rings is 1. The van der Waals surface area contributed by atoms with E-state index in [1.807, 2.05) is 0 Å². The number of nitrogens with two attached hydrogens (primary N) is 1. The standard InChI is InChI=1S/C13H13BrN2O4S/c14-7-1-3-8(4-2-7)16-11(17)5-10(12(16)18)21-6-9(15)13(19)20/h1-4,9-10H,5-6,15H2,(H,19,20)/t9-,10?/m1/s1. The molecule has 1 unspecified atom stereocenters. The van der Waals surface area contributed by atoms with Gasteiger partial charge < -0.3 is 10.8 Å². The zero-order chi connectivity index (χ0) is 15.6. The van der Waals surface area contributed by atoms with Gasteiger partial charge in [0.2, 0.25) is 11.8 Å². The van der Waals surface area contributed by atoms with Gasteiger partial charge in [0.25, 0.3) is 0 Å². The zero-order valence-corrected chi connectivity index (χ0v) is 13.3. The number of imide groups is 1. The summed E-state index contributed by atoms with van der Waals surface area (Å²) in [7, 11) is 0. The number of carboxylic acid groups (broad SMARTS) is 1. The maximum Gasteiger partial charge on any atom is 0.321 e. The number of carboxylic acids is 1. The summed E-state index contributed by atoms with van der Waals surface area (Å²) in [6, 6.07) is 5.80. The first-order valence-corrected chi connectivity index (χ1v) is 7.96. The monoisotopic (exact) mass is 372 g/mol. The van der Waals surface area contributed by atoms with Gasteiger partial charge in [-0.05, 0) is 24.3 Å². The Labute approximate surface area is 133 Å². The fourth-order valence-electron chi connectivity index (χ4n) is 1.89. The van der Waals surface area contributed by atoms with Crippen LogP contribution in [0.1, 0.15) is 6.42 Å². The molecule has 1 saturated heterocycles. The van der Waals surface area contributed by atoms with Crippen LogP contribution in [0.2, 0.25) is 0 Å². The maximum absolute atomic E-state index is 12.3. The molecule has 112 valence electrons. The smallest absolute Gasteiger partial charge is 0.321 e. The molecule has 0 saturated carbocycles. The summed E-state index contributed by atoms with van der Waals surface area (Å²) in [6.07, 6.45) is 0.0614. The van der Waals surface area contributed by atoms with Crippen molar-refractivity contribution in [3.8, 4) is 0 Å². The SMILES string of the molecule is N[C@H](CSC1CC(=O)N(c2ccc(Br)cc2)C1=O)C(=O)O. The molecule has 6 nitrogen and oxygen atoms in total. The van der Waals surface area contributed by atoms with E-state index in [2.05, 4.69) is 15.9 Å². The predicted molar refractivity (Wildman–Crippen MR) is 83.1 cm³/mol. The van der Waals surface area contributed by atoms with Crippen LogP contribution in [0.5, 0.6) is 0 Å². The number of halogens is 1. The Bertz CT molecular complexity index is 578. The molecule has 0 aromatic heterocycles. The van der Waals surface area contributed by atoms with Crippen molar-refractivity contribution in [2.75, 3.05) is 10.7 Å². The van der Waals surface area contributed by atoms with Crippen LogP contribution in [-0.4, -0.2) is 39.9 Å². The van der Waals surface area contributed by atoms with Gasteiger partial charge in [0, 0.05) is 16.6 Å². The molecule has 0 spiro atoms. The van der Waals surface area contributed by atoms with Gasteiger partial charge in [-0.15, -0.1) is 11.8 Å². The molecular weight excluding hydrogens is 360 g/mol. The van der Waals surface area contributed by atoms with Gasteiger partial charge in [-0.3, -0.25) is 14.4 Å². The van der Waals surface area contributed by atoms with Gasteiger partial charge in [-0.1, -0.05) is 15.9 Å². The molecule has 1 aromatic rings. The summed E-state index contributed by atoms with van der Waals surface area (Å²) in [6.45, 7) is 0. The maximum atomic E-state index is 12.3. The Morgan fingerprint density at radius 3 is 2.62 bits per heavy atom. The summed E-state index contributed by atoms with van der Waals surface area (Å²) in [5.74, 6) is -1.65. The first-order valence-electron chi connectivity index (χ1n) is 6.12. The van der Waals surface area contributed by atoms with Crippen LogP contribution in [0.15, 0.2) is 28.7 Å². The van der Waals surface area contributed by atoms with Gasteiger partial charge in [-0.25, -0.2) is 4.90 Å². The Morgan fingerprint density at radius 2 is 2.05 bits per heavy atom. The van der Waals surface area contributed by atoms with Crippen LogP contribution in [0.25, 0.3) is 0 Å². The molecule has 2 amide bonds. The van der Waals surface area contributed by atoms with Crippen molar-refractivity contribution in [2.24, 2.45) is 5.73 Å². The lowest BCUT2D eigenvalue weighted by molar-refractivity contribution is -0.138. The second-order valence-electron chi connectivity index (χ2n) is 4.51. The van der Waals surface area contributed by atoms with Crippen molar-refractivity contribution in [3.63, 3.8) is 0 Å². The van der Waals surface area contributed by atoms with E-state index in [9.17, 15) is 14.4 Å². The van der Waals surface area contributed by atoms with Gasteiger partial charge in [-0.2, -0.15) is 0 Å². The van der Waals surface area contributed by atoms with E-state index in [1.54, 1.807) is 24.3 Å². The van der Waals surface area contributed by atoms with E-state index < -0.39 is 17.3 Å². The third kappa shape index (κ3) is 3.63. The van der Waals surface area contributed by atoms with E-state index in [-0.39, 0.29) is 24.0 Å². The lowest BCUT2D eigenvalue weighted by Crippen LogP contribution is -2.35. The highest BCUT2D eigenvalue weighted by Gasteiger charge is 2.40. The summed E-state index contributed by atoms with van der Waals surface area (Å²) in [5, 5.41) is 8.15. The topological polar surface area (TPSA) is 101 Å². The third-order valence-corrected chi connectivity index (χ3v) is 4.84. The second-order valence-corrected chi connectivity index (χ2v) is 6.67. The first-order chi connectivity index (χ1) is 9.90. The molecule has 1 aromatic carbocycles. The van der Waals surface area contributed by atoms with Crippen molar-refractivity contribution in [1.82, 2.24) is 0 Å². The fraction of sp³-hybridized carbons (Fsp3) is 0.308. The van der Waals surface area contributed by atoms with Crippen molar-refractivity contribution >= 4 is 51.2 Å². The summed E-state index contributed by atoms with van der Waals surface area (Å²) in [4.78, 5) is 36.1. The van der Waals surface area contributed by atoms with E-state index >= 15 is 0 Å². The van der Waals surface area contributed by atoms with Gasteiger partial charge in [0.1, 0.15) is 6.04 Å². The molecule has 1 fully saturated rings. The molecule has 2 atom stereocenters. The highest BCUT2D eigenvalue weighted by Crippen LogP contribution is 2.30. The van der Waals surface area contributed by atoms with Gasteiger partial charge in [0.05, 0.1) is 10.9 Å². The fourth-order valence-corrected chi connectivity index (χ4v) is 3.24. The molecule has 2 rings (SSSR count). The van der Waals surface area contributed by atoms with Gasteiger partial charge in [0.15, 0.2) is 0 Å². The Balaban J connectivity index is 2.06. The molecule has 0 bridgehead atoms. The number of rotatable bonds is 5. The van der Waals surface area contributed by atoms with Crippen molar-refractivity contribution < 1.29 is 19.5 Å². The van der Waals surface area contributed by atoms with Crippen LogP contribution in [0.3, 0.4) is 0 Å². The Kier molecular flexibility index (Phi) is 5.02. The number of amides is 2. The molecule has 1 heterocycles. The van der Waals surface area contributed by atoms with Crippen molar-refractivity contribution in [1.29, 1.82) is 0 Å². The van der Waals surface area contributed by atoms with E-state index in [0.29, 0.717) is 5.69 Å². The Morgan fingerprint density at radius 1 is 1.43 bits per heavy atom. The first kappa shape index (κ1) is 16.0. The third-order valence-electron chi connectivity index (χ3n) is 2.98. The molecule has 21 heavy (non-hydrogen) atoms. The normalized spacial score (nSPS) is 19.9. The highest BCUT2D eigenvalue weighted by molar-refractivity contribution is 9.10. The number of anilines is 1. The average Bonchev–Trinajstić information content (AvgIpc) is 2.72. The number of hydrogen-bond acceptors (Lipinski definition) is 5. The zero-order valence-electron chi connectivity index (χ0n) is 10.9. The summed E-state index contributed by atoms with van der Waals surface area (Å²) < 4.78 is 0.851. The van der Waals surface area contributed by atoms with Crippen LogP contribution >= 0.6 is 27.7 Å². The quantitative estimate of drug-likeness (QED) is 0.753. The van der Waals surface area contributed by atoms with E-state index in [1.165, 1.54) is 0 Å². The Hall–Kier alpha value is -1.38. The predicted octanol–water partition coefficient (Wildman–Crippen LogP) is 1.23. The lowest BCUT2D eigenvalue weighted by atomic mass is 10.3. The number of hydrogen-bond donors (Lipinski definition) is 2. The van der Waals surface area contributed by atoms with E-state index in [0.717, 1.165) is 21.1 Å². The van der Waals surface area contributed by atoms with Crippen LogP contribution in [-0.2, 0) is 14.4 Å². The molecule has 0 radical (unpaired) electrons. The van der Waals surface area contributed by atoms with Gasteiger partial charge >= 0.3 is 5.97 Å². The average molecular weight is 373 g/mol. The summed E-state index contributed by atoms with van der Waals surface area (Å²) >= 11 is 4.40. The number of carbonyl (C=O) groups is 3. The minimum absolute atomic E-state index is 0.0614. The van der Waals surface area contributed by atoms with Crippen molar-refractivity contribution in [3.05, 3.63) is 28.7 Å². The molecular formula is C13H13BrN2O4S. The van der Waals surface area contributed by atoms with Crippen LogP contribution in [0, 0.1) is 0 Å². The largest absolute Gasteiger partial charge is 0.480 e. The van der Waals surface area contributed by atoms with Crippen LogP contribution < -0.4 is 10.6 Å².